The first-order chi connectivity index (χ1) is 17.9. The zero-order chi connectivity index (χ0) is 26.5. The Labute approximate surface area is 213 Å². The minimum Gasteiger partial charge on any atom is -0.494 e. The van der Waals surface area contributed by atoms with Gasteiger partial charge in [0.2, 0.25) is 5.82 Å². The van der Waals surface area contributed by atoms with Gasteiger partial charge in [0.1, 0.15) is 0 Å². The fraction of sp³-hybridized carbons (Fsp3) is 0.321. The number of ether oxygens (including phenoxy) is 1. The molecule has 0 aliphatic carbocycles. The fourth-order valence-corrected chi connectivity index (χ4v) is 4.42. The first-order valence-corrected chi connectivity index (χ1v) is 12.1. The van der Waals surface area contributed by atoms with Gasteiger partial charge in [-0.25, -0.2) is 9.38 Å². The van der Waals surface area contributed by atoms with Crippen LogP contribution in [0.2, 0.25) is 0 Å². The predicted octanol–water partition coefficient (Wildman–Crippen LogP) is 4.69. The molecular weight excluding hydrogens is 480 g/mol. The number of methoxy groups -OCH3 is 1. The maximum atomic E-state index is 14.6. The smallest absolute Gasteiger partial charge is 0.201 e. The van der Waals surface area contributed by atoms with Gasteiger partial charge in [-0.2, -0.15) is 4.39 Å². The van der Waals surface area contributed by atoms with Crippen molar-refractivity contribution in [2.75, 3.05) is 19.0 Å². The molecule has 2 aliphatic rings. The van der Waals surface area contributed by atoms with Crippen molar-refractivity contribution < 1.29 is 28.5 Å². The van der Waals surface area contributed by atoms with Gasteiger partial charge in [-0.05, 0) is 60.7 Å². The Bertz CT molecular complexity index is 1320. The summed E-state index contributed by atoms with van der Waals surface area (Å²) in [6, 6.07) is 8.29. The number of anilines is 1. The van der Waals surface area contributed by atoms with E-state index in [1.807, 2.05) is 19.1 Å². The Morgan fingerprint density at radius 2 is 2.03 bits per heavy atom. The number of aliphatic hydroxyl groups excluding tert-OH is 2. The molecule has 0 saturated carbocycles. The number of ketones is 1. The van der Waals surface area contributed by atoms with Gasteiger partial charge in [0, 0.05) is 41.6 Å². The van der Waals surface area contributed by atoms with E-state index >= 15 is 0 Å². The lowest BCUT2D eigenvalue weighted by Crippen LogP contribution is -2.32. The van der Waals surface area contributed by atoms with Crippen LogP contribution in [-0.4, -0.2) is 47.4 Å². The molecular formula is C28H29F2N3O4. The number of allylic oxidation sites excluding steroid dienone is 2. The molecule has 0 radical (unpaired) electrons. The number of halogens is 2. The van der Waals surface area contributed by atoms with E-state index in [2.05, 4.69) is 15.3 Å². The van der Waals surface area contributed by atoms with E-state index in [0.29, 0.717) is 35.5 Å². The van der Waals surface area contributed by atoms with Crippen molar-refractivity contribution in [3.05, 3.63) is 77.1 Å². The van der Waals surface area contributed by atoms with E-state index in [9.17, 15) is 18.7 Å². The van der Waals surface area contributed by atoms with Crippen LogP contribution in [0, 0.1) is 17.6 Å². The van der Waals surface area contributed by atoms with Crippen molar-refractivity contribution in [2.45, 2.75) is 38.7 Å². The molecule has 0 bridgehead atoms. The Balaban J connectivity index is 1.54. The Kier molecular flexibility index (Phi) is 8.25. The second-order valence-electron chi connectivity index (χ2n) is 8.89. The molecule has 2 aromatic carbocycles. The van der Waals surface area contributed by atoms with Crippen molar-refractivity contribution in [2.24, 2.45) is 15.9 Å². The van der Waals surface area contributed by atoms with Crippen LogP contribution >= 0.6 is 0 Å². The number of carbonyl (C=O) groups excluding carboxylic acids is 1. The zero-order valence-corrected chi connectivity index (χ0v) is 20.7. The summed E-state index contributed by atoms with van der Waals surface area (Å²) in [5, 5.41) is 21.8. The van der Waals surface area contributed by atoms with E-state index < -0.39 is 17.7 Å². The molecule has 0 saturated heterocycles. The minimum absolute atomic E-state index is 0.0922. The molecule has 37 heavy (non-hydrogen) atoms. The maximum absolute atomic E-state index is 14.6. The van der Waals surface area contributed by atoms with E-state index in [0.717, 1.165) is 11.3 Å². The number of hydrogen-bond acceptors (Lipinski definition) is 7. The number of nitrogens with one attached hydrogen (secondary N) is 1. The second-order valence-corrected chi connectivity index (χ2v) is 8.89. The minimum atomic E-state index is -1.03. The van der Waals surface area contributed by atoms with Crippen LogP contribution in [0.5, 0.6) is 5.75 Å². The van der Waals surface area contributed by atoms with Crippen LogP contribution in [0.15, 0.2) is 58.8 Å². The van der Waals surface area contributed by atoms with Gasteiger partial charge in [0.05, 0.1) is 25.5 Å². The average molecular weight is 510 g/mol. The van der Waals surface area contributed by atoms with Crippen LogP contribution < -0.4 is 10.1 Å². The Morgan fingerprint density at radius 3 is 2.76 bits per heavy atom. The highest BCUT2D eigenvalue weighted by atomic mass is 19.2. The molecule has 0 amide bonds. The molecule has 0 spiro atoms. The lowest BCUT2D eigenvalue weighted by atomic mass is 9.87. The SMILES string of the molecule is CCc1cc(NC2=NC=CC3CC(c4ccc(OC)c(F)c4F)=CN=C23)ccc1C(=O)CCC(O)CO. The van der Waals surface area contributed by atoms with Crippen molar-refractivity contribution in [1.29, 1.82) is 0 Å². The van der Waals surface area contributed by atoms with E-state index in [-0.39, 0.29) is 42.5 Å². The first-order valence-electron chi connectivity index (χ1n) is 12.1. The van der Waals surface area contributed by atoms with Crippen molar-refractivity contribution in [3.8, 4) is 5.75 Å². The number of rotatable bonds is 9. The van der Waals surface area contributed by atoms with E-state index in [1.54, 1.807) is 18.3 Å². The molecule has 3 N–H and O–H groups in total. The molecule has 4 rings (SSSR count). The summed E-state index contributed by atoms with van der Waals surface area (Å²) in [6.07, 6.45) is 5.55. The van der Waals surface area contributed by atoms with Gasteiger partial charge in [0.15, 0.2) is 23.2 Å². The number of amidine groups is 1. The Morgan fingerprint density at radius 1 is 1.22 bits per heavy atom. The number of fused-ring (bicyclic) bond motifs is 1. The van der Waals surface area contributed by atoms with Crippen LogP contribution in [0.1, 0.15) is 47.7 Å². The van der Waals surface area contributed by atoms with Crippen molar-refractivity contribution in [3.63, 3.8) is 0 Å². The number of carbonyl (C=O) groups is 1. The molecule has 2 aliphatic heterocycles. The van der Waals surface area contributed by atoms with E-state index in [1.165, 1.54) is 25.4 Å². The highest BCUT2D eigenvalue weighted by Crippen LogP contribution is 2.34. The van der Waals surface area contributed by atoms with E-state index in [4.69, 9.17) is 9.84 Å². The topological polar surface area (TPSA) is 104 Å². The summed E-state index contributed by atoms with van der Waals surface area (Å²) in [6.45, 7) is 1.58. The average Bonchev–Trinajstić information content (AvgIpc) is 2.92. The number of benzene rings is 2. The summed E-state index contributed by atoms with van der Waals surface area (Å²) < 4.78 is 33.7. The highest BCUT2D eigenvalue weighted by Gasteiger charge is 2.28. The van der Waals surface area contributed by atoms with Crippen LogP contribution in [-0.2, 0) is 6.42 Å². The zero-order valence-electron chi connectivity index (χ0n) is 20.7. The third-order valence-corrected chi connectivity index (χ3v) is 6.49. The number of aliphatic hydroxyl groups is 2. The number of Topliss-reactive ketones (excluding diaryl/α,β-unsaturated/α-hetero) is 1. The molecule has 2 heterocycles. The number of aliphatic imine (C=N–C) groups is 2. The summed E-state index contributed by atoms with van der Waals surface area (Å²) in [5.41, 5.74) is 3.56. The normalized spacial score (nSPS) is 17.4. The van der Waals surface area contributed by atoms with Crippen LogP contribution in [0.4, 0.5) is 14.5 Å². The lowest BCUT2D eigenvalue weighted by molar-refractivity contribution is 0.0779. The summed E-state index contributed by atoms with van der Waals surface area (Å²) in [5.74, 6) is -1.88. The van der Waals surface area contributed by atoms with Gasteiger partial charge >= 0.3 is 0 Å². The number of aryl methyl sites for hydroxylation is 1. The van der Waals surface area contributed by atoms with Gasteiger partial charge in [0.25, 0.3) is 0 Å². The quantitative estimate of drug-likeness (QED) is 0.426. The van der Waals surface area contributed by atoms with Crippen LogP contribution in [0.3, 0.4) is 0 Å². The Hall–Kier alpha value is -3.69. The molecule has 9 heteroatoms. The molecule has 2 unspecified atom stereocenters. The summed E-state index contributed by atoms with van der Waals surface area (Å²) in [7, 11) is 1.29. The molecule has 2 aromatic rings. The monoisotopic (exact) mass is 509 g/mol. The van der Waals surface area contributed by atoms with Crippen molar-refractivity contribution in [1.82, 2.24) is 0 Å². The van der Waals surface area contributed by atoms with Crippen molar-refractivity contribution >= 4 is 28.6 Å². The molecule has 2 atom stereocenters. The molecule has 7 nitrogen and oxygen atoms in total. The summed E-state index contributed by atoms with van der Waals surface area (Å²) >= 11 is 0. The highest BCUT2D eigenvalue weighted by molar-refractivity contribution is 6.47. The van der Waals surface area contributed by atoms with Gasteiger partial charge in [-0.15, -0.1) is 0 Å². The third kappa shape index (κ3) is 5.68. The van der Waals surface area contributed by atoms with Gasteiger partial charge in [-0.1, -0.05) is 13.0 Å². The number of nitrogens with zero attached hydrogens (tertiary/aromatic N) is 2. The van der Waals surface area contributed by atoms with Crippen LogP contribution in [0.25, 0.3) is 5.57 Å². The lowest BCUT2D eigenvalue weighted by Gasteiger charge is -2.25. The van der Waals surface area contributed by atoms with Gasteiger partial charge < -0.3 is 20.3 Å². The maximum Gasteiger partial charge on any atom is 0.201 e. The molecule has 0 fully saturated rings. The third-order valence-electron chi connectivity index (χ3n) is 6.49. The second kappa shape index (κ2) is 11.6. The standard InChI is InChI=1S/C28H29F2N3O4/c1-3-16-13-19(4-6-21(16)23(36)8-5-20(35)15-34)33-28-27-17(10-11-31-28)12-18(14-32-27)22-7-9-24(37-2)26(30)25(22)29/h4,6-7,9-11,13-14,17,20,34-35H,3,5,8,12,15H2,1-2H3,(H,31,33). The largest absolute Gasteiger partial charge is 0.494 e. The predicted molar refractivity (Wildman–Crippen MR) is 139 cm³/mol. The fourth-order valence-electron chi connectivity index (χ4n) is 4.42. The van der Waals surface area contributed by atoms with Gasteiger partial charge in [-0.3, -0.25) is 9.79 Å². The summed E-state index contributed by atoms with van der Waals surface area (Å²) in [4.78, 5) is 21.6. The molecule has 0 aromatic heterocycles. The molecule has 194 valence electrons. The first kappa shape index (κ1) is 26.4. The number of hydrogen-bond donors (Lipinski definition) is 3.